The molecule has 40 heavy (non-hydrogen) atoms. The van der Waals surface area contributed by atoms with E-state index in [1.54, 1.807) is 12.1 Å². The number of hydrogen-bond donors (Lipinski definition) is 2. The van der Waals surface area contributed by atoms with Crippen molar-refractivity contribution in [1.29, 1.82) is 0 Å². The molecule has 2 saturated carbocycles. The van der Waals surface area contributed by atoms with Gasteiger partial charge in [-0.3, -0.25) is 9.59 Å². The Labute approximate surface area is 239 Å². The number of hydrazone groups is 2. The maximum absolute atomic E-state index is 12.8. The Hall–Kier alpha value is -3.03. The summed E-state index contributed by atoms with van der Waals surface area (Å²) < 4.78 is 5.91. The van der Waals surface area contributed by atoms with Crippen molar-refractivity contribution in [3.63, 3.8) is 0 Å². The van der Waals surface area contributed by atoms with Crippen molar-refractivity contribution in [1.82, 2.24) is 10.9 Å². The van der Waals surface area contributed by atoms with Crippen LogP contribution in [0.2, 0.25) is 0 Å². The number of unbranched alkanes of at least 4 members (excludes halogenated alkanes) is 8. The third kappa shape index (κ3) is 10.5. The molecule has 1 aromatic carbocycles. The number of benzene rings is 1. The number of ether oxygens (including phenoxy) is 1. The summed E-state index contributed by atoms with van der Waals surface area (Å²) in [4.78, 5) is 37.7. The van der Waals surface area contributed by atoms with E-state index in [0.29, 0.717) is 31.2 Å². The lowest BCUT2D eigenvalue weighted by Gasteiger charge is -2.40. The smallest absolute Gasteiger partial charge is 0.338 e. The molecular formula is C32H48N4O4. The Bertz CT molecular complexity index is 1010. The fourth-order valence-electron chi connectivity index (χ4n) is 5.62. The van der Waals surface area contributed by atoms with Crippen molar-refractivity contribution < 1.29 is 19.1 Å². The summed E-state index contributed by atoms with van der Waals surface area (Å²) in [5.74, 6) is -0.588. The SMILES string of the molecule is CCCCCCCC(=O)N/N=C1/CCC2CC(OC(=O)c3ccccc3)CC1/C2=N\NC(=O)CCCCCCC. The number of nitrogens with one attached hydrogen (secondary N) is 2. The van der Waals surface area contributed by atoms with Gasteiger partial charge in [0.1, 0.15) is 6.10 Å². The molecule has 0 radical (unpaired) electrons. The summed E-state index contributed by atoms with van der Waals surface area (Å²) >= 11 is 0. The summed E-state index contributed by atoms with van der Waals surface area (Å²) in [7, 11) is 0. The quantitative estimate of drug-likeness (QED) is 0.135. The number of amides is 2. The zero-order valence-corrected chi connectivity index (χ0v) is 24.5. The van der Waals surface area contributed by atoms with Crippen molar-refractivity contribution in [2.75, 3.05) is 0 Å². The Morgan fingerprint density at radius 1 is 0.800 bits per heavy atom. The first-order valence-corrected chi connectivity index (χ1v) is 15.5. The van der Waals surface area contributed by atoms with Crippen LogP contribution < -0.4 is 10.9 Å². The minimum atomic E-state index is -0.338. The van der Waals surface area contributed by atoms with E-state index in [1.807, 2.05) is 18.2 Å². The fraction of sp³-hybridized carbons (Fsp3) is 0.656. The molecule has 0 saturated heterocycles. The Balaban J connectivity index is 1.64. The van der Waals surface area contributed by atoms with Crippen LogP contribution in [0.4, 0.5) is 0 Å². The molecule has 8 heteroatoms. The first kappa shape index (κ1) is 31.5. The van der Waals surface area contributed by atoms with Crippen LogP contribution in [-0.2, 0) is 14.3 Å². The summed E-state index contributed by atoms with van der Waals surface area (Å²) in [6.45, 7) is 4.35. The van der Waals surface area contributed by atoms with E-state index in [4.69, 9.17) is 4.74 Å². The van der Waals surface area contributed by atoms with Crippen LogP contribution >= 0.6 is 0 Å². The summed E-state index contributed by atoms with van der Waals surface area (Å²) in [5, 5.41) is 9.12. The van der Waals surface area contributed by atoms with E-state index < -0.39 is 0 Å². The fourth-order valence-corrected chi connectivity index (χ4v) is 5.62. The van der Waals surface area contributed by atoms with Crippen LogP contribution in [0.25, 0.3) is 0 Å². The van der Waals surface area contributed by atoms with Crippen molar-refractivity contribution in [3.8, 4) is 0 Å². The molecule has 2 N–H and O–H groups in total. The number of esters is 1. The maximum atomic E-state index is 12.8. The van der Waals surface area contributed by atoms with E-state index in [2.05, 4.69) is 34.9 Å². The van der Waals surface area contributed by atoms with Crippen molar-refractivity contribution in [2.24, 2.45) is 22.0 Å². The Morgan fingerprint density at radius 2 is 1.40 bits per heavy atom. The predicted octanol–water partition coefficient (Wildman–Crippen LogP) is 6.70. The third-order valence-corrected chi connectivity index (χ3v) is 7.90. The van der Waals surface area contributed by atoms with E-state index in [-0.39, 0.29) is 35.7 Å². The molecule has 0 aliphatic heterocycles. The van der Waals surface area contributed by atoms with Crippen molar-refractivity contribution in [3.05, 3.63) is 35.9 Å². The minimum absolute atomic E-state index is 0.0745. The highest BCUT2D eigenvalue weighted by molar-refractivity contribution is 6.11. The molecule has 0 spiro atoms. The first-order valence-electron chi connectivity index (χ1n) is 15.5. The molecule has 0 heterocycles. The molecule has 220 valence electrons. The van der Waals surface area contributed by atoms with Gasteiger partial charge in [0.15, 0.2) is 0 Å². The van der Waals surface area contributed by atoms with Crippen molar-refractivity contribution in [2.45, 2.75) is 123 Å². The lowest BCUT2D eigenvalue weighted by atomic mass is 9.68. The molecule has 3 atom stereocenters. The highest BCUT2D eigenvalue weighted by atomic mass is 16.5. The first-order chi connectivity index (χ1) is 19.5. The second-order valence-electron chi connectivity index (χ2n) is 11.2. The van der Waals surface area contributed by atoms with Gasteiger partial charge >= 0.3 is 5.97 Å². The lowest BCUT2D eigenvalue weighted by molar-refractivity contribution is -0.122. The second-order valence-corrected chi connectivity index (χ2v) is 11.2. The van der Waals surface area contributed by atoms with Gasteiger partial charge in [0.2, 0.25) is 11.8 Å². The number of hydrogen-bond acceptors (Lipinski definition) is 6. The largest absolute Gasteiger partial charge is 0.459 e. The Kier molecular flexibility index (Phi) is 13.9. The molecular weight excluding hydrogens is 504 g/mol. The number of carbonyl (C=O) groups is 3. The van der Waals surface area contributed by atoms with Crippen LogP contribution in [0.5, 0.6) is 0 Å². The monoisotopic (exact) mass is 552 g/mol. The second kappa shape index (κ2) is 17.6. The maximum Gasteiger partial charge on any atom is 0.338 e. The van der Waals surface area contributed by atoms with Gasteiger partial charge in [0.05, 0.1) is 11.3 Å². The standard InChI is InChI=1S/C32H48N4O4/c1-3-5-7-9-14-18-29(37)34-33-28-21-20-25-22-26(40-32(39)24-16-12-11-13-17-24)23-27(28)31(25)36-35-30(38)19-15-10-8-6-4-2/h11-13,16-17,25-27H,3-10,14-15,18-23H2,1-2H3,(H,34,37)(H,35,38)/b33-28-,36-31-. The van der Waals surface area contributed by atoms with E-state index >= 15 is 0 Å². The van der Waals surface area contributed by atoms with Gasteiger partial charge in [-0.2, -0.15) is 10.2 Å². The lowest BCUT2D eigenvalue weighted by Crippen LogP contribution is -2.46. The van der Waals surface area contributed by atoms with Gasteiger partial charge in [0.25, 0.3) is 0 Å². The number of rotatable bonds is 16. The van der Waals surface area contributed by atoms with Crippen LogP contribution in [0.3, 0.4) is 0 Å². The molecule has 0 aromatic heterocycles. The number of carbonyl (C=O) groups excluding carboxylic acids is 3. The Morgan fingerprint density at radius 3 is 2.02 bits per heavy atom. The average Bonchev–Trinajstić information content (AvgIpc) is 2.96. The van der Waals surface area contributed by atoms with Crippen molar-refractivity contribution >= 4 is 29.2 Å². The third-order valence-electron chi connectivity index (χ3n) is 7.90. The van der Waals surface area contributed by atoms with Crippen LogP contribution in [-0.4, -0.2) is 35.3 Å². The topological polar surface area (TPSA) is 109 Å². The van der Waals surface area contributed by atoms with Gasteiger partial charge in [-0.15, -0.1) is 0 Å². The molecule has 2 aliphatic rings. The molecule has 3 unspecified atom stereocenters. The van der Waals surface area contributed by atoms with Gasteiger partial charge in [-0.05, 0) is 50.7 Å². The van der Waals surface area contributed by atoms with E-state index in [1.165, 1.54) is 25.7 Å². The normalized spacial score (nSPS) is 22.2. The molecule has 2 fully saturated rings. The summed E-state index contributed by atoms with van der Waals surface area (Å²) in [6, 6.07) is 9.01. The van der Waals surface area contributed by atoms with Crippen LogP contribution in [0.15, 0.2) is 40.5 Å². The number of fused-ring (bicyclic) bond motifs is 2. The van der Waals surface area contributed by atoms with Gasteiger partial charge in [-0.1, -0.05) is 83.4 Å². The van der Waals surface area contributed by atoms with Gasteiger partial charge in [0, 0.05) is 30.4 Å². The van der Waals surface area contributed by atoms with Crippen LogP contribution in [0.1, 0.15) is 127 Å². The molecule has 2 bridgehead atoms. The van der Waals surface area contributed by atoms with E-state index in [0.717, 1.165) is 62.8 Å². The zero-order valence-electron chi connectivity index (χ0n) is 24.5. The molecule has 2 aliphatic carbocycles. The number of nitrogens with zero attached hydrogens (tertiary/aromatic N) is 2. The summed E-state index contributed by atoms with van der Waals surface area (Å²) in [6.07, 6.45) is 14.2. The molecule has 3 rings (SSSR count). The minimum Gasteiger partial charge on any atom is -0.459 e. The van der Waals surface area contributed by atoms with Crippen LogP contribution in [0, 0.1) is 11.8 Å². The highest BCUT2D eigenvalue weighted by Gasteiger charge is 2.42. The summed E-state index contributed by atoms with van der Waals surface area (Å²) in [5.41, 5.74) is 7.78. The predicted molar refractivity (Wildman–Crippen MR) is 159 cm³/mol. The van der Waals surface area contributed by atoms with E-state index in [9.17, 15) is 14.4 Å². The van der Waals surface area contributed by atoms with Gasteiger partial charge < -0.3 is 4.74 Å². The molecule has 8 nitrogen and oxygen atoms in total. The van der Waals surface area contributed by atoms with Gasteiger partial charge in [-0.25, -0.2) is 15.6 Å². The highest BCUT2D eigenvalue weighted by Crippen LogP contribution is 2.38. The molecule has 1 aromatic rings. The zero-order chi connectivity index (χ0) is 28.6. The average molecular weight is 553 g/mol. The molecule has 2 amide bonds.